The van der Waals surface area contributed by atoms with Crippen molar-refractivity contribution in [2.75, 3.05) is 13.6 Å². The van der Waals surface area contributed by atoms with Crippen molar-refractivity contribution in [3.8, 4) is 0 Å². The molecule has 0 radical (unpaired) electrons. The monoisotopic (exact) mass is 264 g/mol. The van der Waals surface area contributed by atoms with Crippen molar-refractivity contribution in [1.29, 1.82) is 0 Å². The van der Waals surface area contributed by atoms with Gasteiger partial charge in [-0.2, -0.15) is 0 Å². The molecule has 0 saturated carbocycles. The van der Waals surface area contributed by atoms with Crippen molar-refractivity contribution in [2.24, 2.45) is 0 Å². The molecule has 2 heterocycles. The molecular weight excluding hydrogens is 252 g/mol. The van der Waals surface area contributed by atoms with Gasteiger partial charge in [0.1, 0.15) is 9.23 Å². The Morgan fingerprint density at radius 1 is 1.53 bits per heavy atom. The summed E-state index contributed by atoms with van der Waals surface area (Å²) in [6.07, 6.45) is 9.34. The van der Waals surface area contributed by atoms with Crippen molar-refractivity contribution < 1.29 is 4.79 Å². The molecule has 2 rings (SSSR count). The van der Waals surface area contributed by atoms with Gasteiger partial charge in [-0.25, -0.2) is 0 Å². The number of amides is 1. The molecule has 0 aliphatic carbocycles. The quantitative estimate of drug-likeness (QED) is 0.434. The molecule has 2 aliphatic rings. The van der Waals surface area contributed by atoms with E-state index in [0.717, 1.165) is 5.70 Å². The van der Waals surface area contributed by atoms with Gasteiger partial charge in [0, 0.05) is 19.8 Å². The predicted octanol–water partition coefficient (Wildman–Crippen LogP) is 2.26. The summed E-state index contributed by atoms with van der Waals surface area (Å²) in [5.41, 5.74) is 0.886. The third-order valence-electron chi connectivity index (χ3n) is 2.45. The zero-order chi connectivity index (χ0) is 12.4. The number of likely N-dealkylation sites (N-methyl/N-ethyl adjacent to an activating group) is 1. The van der Waals surface area contributed by atoms with E-state index in [0.29, 0.717) is 15.8 Å². The van der Waals surface area contributed by atoms with Crippen LogP contribution >= 0.6 is 24.0 Å². The number of nitrogens with zero attached hydrogens (tertiary/aromatic N) is 2. The van der Waals surface area contributed by atoms with Crippen molar-refractivity contribution in [3.05, 3.63) is 47.7 Å². The van der Waals surface area contributed by atoms with Crippen LogP contribution in [0.2, 0.25) is 0 Å². The van der Waals surface area contributed by atoms with Crippen LogP contribution in [-0.4, -0.2) is 33.6 Å². The summed E-state index contributed by atoms with van der Waals surface area (Å²) in [6, 6.07) is 0. The first kappa shape index (κ1) is 12.1. The van der Waals surface area contributed by atoms with E-state index >= 15 is 0 Å². The molecule has 0 N–H and O–H groups in total. The maximum Gasteiger partial charge on any atom is 0.268 e. The molecule has 0 aromatic rings. The van der Waals surface area contributed by atoms with Crippen LogP contribution in [0.25, 0.3) is 0 Å². The summed E-state index contributed by atoms with van der Waals surface area (Å²) < 4.78 is 0.591. The summed E-state index contributed by atoms with van der Waals surface area (Å²) in [4.78, 5) is 16.3. The molecule has 2 aliphatic heterocycles. The normalized spacial score (nSPS) is 23.8. The standard InChI is InChI=1S/C12H12N2OS2/c1-3-7-14-11(15)10(17-12(14)16)9-6-4-5-8-13(9)2/h3-6,8H,1,7H2,2H3. The average Bonchev–Trinajstić information content (AvgIpc) is 2.58. The van der Waals surface area contributed by atoms with Gasteiger partial charge in [0.25, 0.3) is 5.91 Å². The third kappa shape index (κ3) is 2.21. The highest BCUT2D eigenvalue weighted by Crippen LogP contribution is 2.35. The molecule has 1 fully saturated rings. The minimum absolute atomic E-state index is 0.0401. The second-order valence-corrected chi connectivity index (χ2v) is 5.24. The third-order valence-corrected chi connectivity index (χ3v) is 3.90. The Labute approximate surface area is 110 Å². The fourth-order valence-corrected chi connectivity index (χ4v) is 2.96. The Morgan fingerprint density at radius 3 is 2.94 bits per heavy atom. The van der Waals surface area contributed by atoms with Crippen LogP contribution in [0.5, 0.6) is 0 Å². The number of hydrogen-bond donors (Lipinski definition) is 0. The lowest BCUT2D eigenvalue weighted by molar-refractivity contribution is -0.121. The maximum absolute atomic E-state index is 12.2. The lowest BCUT2D eigenvalue weighted by Gasteiger charge is -2.19. The van der Waals surface area contributed by atoms with Gasteiger partial charge in [-0.15, -0.1) is 6.58 Å². The van der Waals surface area contributed by atoms with Gasteiger partial charge in [-0.05, 0) is 12.2 Å². The number of rotatable bonds is 2. The van der Waals surface area contributed by atoms with Crippen LogP contribution in [0.3, 0.4) is 0 Å². The van der Waals surface area contributed by atoms with Crippen LogP contribution in [0.4, 0.5) is 0 Å². The van der Waals surface area contributed by atoms with Crippen molar-refractivity contribution in [1.82, 2.24) is 9.80 Å². The Bertz CT molecular complexity index is 477. The number of thiocarbonyl (C=S) groups is 1. The van der Waals surface area contributed by atoms with Crippen molar-refractivity contribution in [3.63, 3.8) is 0 Å². The summed E-state index contributed by atoms with van der Waals surface area (Å²) >= 11 is 6.54. The highest BCUT2D eigenvalue weighted by molar-refractivity contribution is 8.26. The number of allylic oxidation sites excluding steroid dienone is 3. The van der Waals surface area contributed by atoms with Crippen LogP contribution in [0.15, 0.2) is 47.7 Å². The smallest absolute Gasteiger partial charge is 0.268 e. The van der Waals surface area contributed by atoms with Gasteiger partial charge in [-0.3, -0.25) is 9.69 Å². The van der Waals surface area contributed by atoms with Crippen molar-refractivity contribution >= 4 is 34.2 Å². The molecule has 0 atom stereocenters. The van der Waals surface area contributed by atoms with E-state index in [1.54, 1.807) is 11.0 Å². The Kier molecular flexibility index (Phi) is 3.49. The van der Waals surface area contributed by atoms with Crippen LogP contribution in [0, 0.1) is 0 Å². The zero-order valence-corrected chi connectivity index (χ0v) is 11.1. The van der Waals surface area contributed by atoms with E-state index < -0.39 is 0 Å². The second kappa shape index (κ2) is 4.89. The van der Waals surface area contributed by atoms with Gasteiger partial charge in [0.05, 0.1) is 5.70 Å². The minimum Gasteiger partial charge on any atom is -0.350 e. The summed E-state index contributed by atoms with van der Waals surface area (Å²) in [5.74, 6) is -0.0401. The summed E-state index contributed by atoms with van der Waals surface area (Å²) in [5, 5.41) is 0. The summed E-state index contributed by atoms with van der Waals surface area (Å²) in [6.45, 7) is 4.09. The molecule has 0 spiro atoms. The first-order valence-electron chi connectivity index (χ1n) is 5.11. The molecule has 1 saturated heterocycles. The molecule has 5 heteroatoms. The van der Waals surface area contributed by atoms with Gasteiger partial charge < -0.3 is 4.90 Å². The Hall–Kier alpha value is -1.33. The molecule has 17 heavy (non-hydrogen) atoms. The molecule has 0 aromatic carbocycles. The van der Waals surface area contributed by atoms with Crippen LogP contribution < -0.4 is 0 Å². The topological polar surface area (TPSA) is 23.6 Å². The van der Waals surface area contributed by atoms with E-state index in [1.165, 1.54) is 11.8 Å². The van der Waals surface area contributed by atoms with Crippen LogP contribution in [-0.2, 0) is 4.79 Å². The molecule has 88 valence electrons. The van der Waals surface area contributed by atoms with Gasteiger partial charge in [-0.1, -0.05) is 36.1 Å². The molecule has 0 aromatic heterocycles. The van der Waals surface area contributed by atoms with Gasteiger partial charge in [0.2, 0.25) is 0 Å². The lowest BCUT2D eigenvalue weighted by Crippen LogP contribution is -2.28. The largest absolute Gasteiger partial charge is 0.350 e. The fraction of sp³-hybridized carbons (Fsp3) is 0.167. The lowest BCUT2D eigenvalue weighted by atomic mass is 10.2. The number of carbonyl (C=O) groups is 1. The molecular formula is C12H12N2OS2. The highest BCUT2D eigenvalue weighted by Gasteiger charge is 2.33. The number of hydrogen-bond acceptors (Lipinski definition) is 4. The SMILES string of the molecule is C=CCN1C(=O)C(=C2C=CC=CN2C)SC1=S. The van der Waals surface area contributed by atoms with E-state index in [-0.39, 0.29) is 5.91 Å². The van der Waals surface area contributed by atoms with Gasteiger partial charge >= 0.3 is 0 Å². The second-order valence-electron chi connectivity index (χ2n) is 3.60. The highest BCUT2D eigenvalue weighted by atomic mass is 32.2. The average molecular weight is 264 g/mol. The minimum atomic E-state index is -0.0401. The number of thioether (sulfide) groups is 1. The Morgan fingerprint density at radius 2 is 2.29 bits per heavy atom. The molecule has 0 bridgehead atoms. The predicted molar refractivity (Wildman–Crippen MR) is 75.2 cm³/mol. The first-order valence-corrected chi connectivity index (χ1v) is 6.34. The van der Waals surface area contributed by atoms with E-state index in [2.05, 4.69) is 6.58 Å². The van der Waals surface area contributed by atoms with E-state index in [4.69, 9.17) is 12.2 Å². The number of carbonyl (C=O) groups excluding carboxylic acids is 1. The fourth-order valence-electron chi connectivity index (χ4n) is 1.60. The zero-order valence-electron chi connectivity index (χ0n) is 9.42. The van der Waals surface area contributed by atoms with E-state index in [1.807, 2.05) is 36.4 Å². The maximum atomic E-state index is 12.2. The van der Waals surface area contributed by atoms with E-state index in [9.17, 15) is 4.79 Å². The van der Waals surface area contributed by atoms with Crippen molar-refractivity contribution in [2.45, 2.75) is 0 Å². The van der Waals surface area contributed by atoms with Crippen LogP contribution in [0.1, 0.15) is 0 Å². The first-order chi connectivity index (χ1) is 8.15. The molecule has 1 amide bonds. The Balaban J connectivity index is 2.36. The summed E-state index contributed by atoms with van der Waals surface area (Å²) in [7, 11) is 1.91. The molecule has 0 unspecified atom stereocenters. The van der Waals surface area contributed by atoms with Gasteiger partial charge in [0.15, 0.2) is 0 Å². The molecule has 3 nitrogen and oxygen atoms in total.